The second-order valence-corrected chi connectivity index (χ2v) is 6.35. The van der Waals surface area contributed by atoms with E-state index in [0.717, 1.165) is 10.0 Å². The molecule has 0 radical (unpaired) electrons. The van der Waals surface area contributed by atoms with E-state index in [-0.39, 0.29) is 12.5 Å². The number of amides is 1. The van der Waals surface area contributed by atoms with Gasteiger partial charge in [-0.3, -0.25) is 4.79 Å². The molecule has 1 aromatic rings. The molecule has 0 aromatic heterocycles. The number of aliphatic hydroxyl groups is 1. The molecule has 0 saturated carbocycles. The Balaban J connectivity index is 2.65. The van der Waals surface area contributed by atoms with Crippen molar-refractivity contribution in [2.45, 2.75) is 19.4 Å². The first-order valence-electron chi connectivity index (χ1n) is 6.12. The molecule has 0 saturated heterocycles. The monoisotopic (exact) mass is 328 g/mol. The van der Waals surface area contributed by atoms with Crippen LogP contribution in [0.25, 0.3) is 0 Å². The third-order valence-electron chi connectivity index (χ3n) is 2.59. The molecule has 1 rings (SSSR count). The molecule has 0 bridgehead atoms. The van der Waals surface area contributed by atoms with Gasteiger partial charge in [0.2, 0.25) is 0 Å². The summed E-state index contributed by atoms with van der Waals surface area (Å²) in [5.74, 6) is -0.177. The summed E-state index contributed by atoms with van der Waals surface area (Å²) in [6.07, 6.45) is 0. The second-order valence-electron chi connectivity index (χ2n) is 5.43. The fraction of sp³-hybridized carbons (Fsp3) is 0.500. The molecule has 0 heterocycles. The van der Waals surface area contributed by atoms with Crippen molar-refractivity contribution in [3.05, 3.63) is 33.8 Å². The zero-order valence-corrected chi connectivity index (χ0v) is 13.4. The number of hydrogen-bond donors (Lipinski definition) is 2. The van der Waals surface area contributed by atoms with Crippen LogP contribution in [-0.2, 0) is 0 Å². The molecule has 0 aliphatic carbocycles. The van der Waals surface area contributed by atoms with Gasteiger partial charge < -0.3 is 15.3 Å². The first-order valence-corrected chi connectivity index (χ1v) is 6.91. The number of nitrogens with zero attached hydrogens (tertiary/aromatic N) is 1. The molecule has 0 aliphatic rings. The van der Waals surface area contributed by atoms with Crippen molar-refractivity contribution in [1.82, 2.24) is 10.2 Å². The van der Waals surface area contributed by atoms with E-state index >= 15 is 0 Å². The number of carbonyl (C=O) groups is 1. The summed E-state index contributed by atoms with van der Waals surface area (Å²) in [6.45, 7) is 4.35. The fourth-order valence-electron chi connectivity index (χ4n) is 1.98. The van der Waals surface area contributed by atoms with Crippen LogP contribution in [0.5, 0.6) is 0 Å². The van der Waals surface area contributed by atoms with E-state index in [1.807, 2.05) is 38.1 Å². The van der Waals surface area contributed by atoms with Crippen LogP contribution in [0.2, 0.25) is 0 Å². The Morgan fingerprint density at radius 3 is 2.58 bits per heavy atom. The molecule has 1 aromatic carbocycles. The quantitative estimate of drug-likeness (QED) is 0.866. The number of carbonyl (C=O) groups excluding carboxylic acids is 1. The molecule has 1 unspecified atom stereocenters. The zero-order chi connectivity index (χ0) is 14.6. The van der Waals surface area contributed by atoms with Crippen molar-refractivity contribution in [2.75, 3.05) is 27.2 Å². The lowest BCUT2D eigenvalue weighted by atomic mass is 10.1. The van der Waals surface area contributed by atoms with Crippen LogP contribution >= 0.6 is 15.9 Å². The Morgan fingerprint density at radius 1 is 1.42 bits per heavy atom. The summed E-state index contributed by atoms with van der Waals surface area (Å²) >= 11 is 3.37. The third kappa shape index (κ3) is 5.72. The highest BCUT2D eigenvalue weighted by molar-refractivity contribution is 9.10. The molecule has 5 heteroatoms. The van der Waals surface area contributed by atoms with E-state index in [1.165, 1.54) is 0 Å². The van der Waals surface area contributed by atoms with Crippen LogP contribution in [0.4, 0.5) is 0 Å². The van der Waals surface area contributed by atoms with Crippen LogP contribution in [0, 0.1) is 6.92 Å². The number of benzene rings is 1. The Morgan fingerprint density at radius 2 is 2.05 bits per heavy atom. The van der Waals surface area contributed by atoms with E-state index in [2.05, 4.69) is 21.2 Å². The van der Waals surface area contributed by atoms with Gasteiger partial charge in [-0.15, -0.1) is 0 Å². The van der Waals surface area contributed by atoms with Gasteiger partial charge in [-0.1, -0.05) is 15.9 Å². The van der Waals surface area contributed by atoms with Crippen molar-refractivity contribution in [2.24, 2.45) is 0 Å². The van der Waals surface area contributed by atoms with E-state index in [4.69, 9.17) is 0 Å². The smallest absolute Gasteiger partial charge is 0.251 e. The van der Waals surface area contributed by atoms with Crippen LogP contribution in [0.15, 0.2) is 22.7 Å². The van der Waals surface area contributed by atoms with E-state index in [9.17, 15) is 9.90 Å². The summed E-state index contributed by atoms with van der Waals surface area (Å²) < 4.78 is 0.873. The summed E-state index contributed by atoms with van der Waals surface area (Å²) in [6, 6.07) is 5.53. The Kier molecular flexibility index (Phi) is 5.52. The predicted molar refractivity (Wildman–Crippen MR) is 80.4 cm³/mol. The highest BCUT2D eigenvalue weighted by Crippen LogP contribution is 2.15. The first kappa shape index (κ1) is 16.1. The number of nitrogens with one attached hydrogen (secondary N) is 1. The molecule has 0 fully saturated rings. The summed E-state index contributed by atoms with van der Waals surface area (Å²) in [4.78, 5) is 13.9. The van der Waals surface area contributed by atoms with Gasteiger partial charge in [0.1, 0.15) is 0 Å². The fourth-order valence-corrected chi connectivity index (χ4v) is 2.59. The first-order chi connectivity index (χ1) is 8.69. The lowest BCUT2D eigenvalue weighted by molar-refractivity contribution is 0.0326. The predicted octanol–water partition coefficient (Wildman–Crippen LogP) is 1.80. The van der Waals surface area contributed by atoms with Gasteiger partial charge in [0.15, 0.2) is 0 Å². The van der Waals surface area contributed by atoms with Gasteiger partial charge in [0.25, 0.3) is 5.91 Å². The molecular formula is C14H21BrN2O2. The molecule has 19 heavy (non-hydrogen) atoms. The van der Waals surface area contributed by atoms with E-state index in [0.29, 0.717) is 12.1 Å². The molecule has 106 valence electrons. The highest BCUT2D eigenvalue weighted by atomic mass is 79.9. The van der Waals surface area contributed by atoms with Crippen molar-refractivity contribution in [3.63, 3.8) is 0 Å². The third-order valence-corrected chi connectivity index (χ3v) is 3.05. The van der Waals surface area contributed by atoms with Crippen molar-refractivity contribution < 1.29 is 9.90 Å². The average Bonchev–Trinajstić information content (AvgIpc) is 2.22. The SMILES string of the molecule is Cc1cc(Br)cc(C(=O)NCC(C)(O)CN(C)C)c1. The van der Waals surface area contributed by atoms with Crippen LogP contribution < -0.4 is 5.32 Å². The van der Waals surface area contributed by atoms with Crippen molar-refractivity contribution in [3.8, 4) is 0 Å². The summed E-state index contributed by atoms with van der Waals surface area (Å²) in [5.41, 5.74) is 0.660. The number of rotatable bonds is 5. The van der Waals surface area contributed by atoms with Gasteiger partial charge in [0, 0.05) is 23.1 Å². The van der Waals surface area contributed by atoms with Crippen LogP contribution in [-0.4, -0.2) is 48.7 Å². The molecule has 1 atom stereocenters. The van der Waals surface area contributed by atoms with Gasteiger partial charge in [0.05, 0.1) is 5.60 Å². The largest absolute Gasteiger partial charge is 0.387 e. The maximum atomic E-state index is 12.0. The summed E-state index contributed by atoms with van der Waals surface area (Å²) in [7, 11) is 3.77. The lowest BCUT2D eigenvalue weighted by Gasteiger charge is -2.27. The Bertz CT molecular complexity index is 439. The minimum atomic E-state index is -0.944. The molecular weight excluding hydrogens is 308 g/mol. The molecule has 0 spiro atoms. The van der Waals surface area contributed by atoms with Crippen molar-refractivity contribution in [1.29, 1.82) is 0 Å². The maximum Gasteiger partial charge on any atom is 0.251 e. The summed E-state index contributed by atoms with van der Waals surface area (Å²) in [5, 5.41) is 12.9. The number of likely N-dealkylation sites (N-methyl/N-ethyl adjacent to an activating group) is 1. The standard InChI is InChI=1S/C14H21BrN2O2/c1-10-5-11(7-12(15)6-10)13(18)16-8-14(2,19)9-17(3)4/h5-7,19H,8-9H2,1-4H3,(H,16,18). The molecule has 1 amide bonds. The Labute approximate surface area is 122 Å². The van der Waals surface area contributed by atoms with E-state index < -0.39 is 5.60 Å². The van der Waals surface area contributed by atoms with Gasteiger partial charge in [-0.25, -0.2) is 0 Å². The molecule has 4 nitrogen and oxygen atoms in total. The molecule has 0 aliphatic heterocycles. The normalized spacial score (nSPS) is 14.3. The Hall–Kier alpha value is -0.910. The number of aryl methyl sites for hydroxylation is 1. The minimum absolute atomic E-state index is 0.177. The topological polar surface area (TPSA) is 52.6 Å². The van der Waals surface area contributed by atoms with E-state index in [1.54, 1.807) is 13.0 Å². The molecule has 2 N–H and O–H groups in total. The van der Waals surface area contributed by atoms with Crippen molar-refractivity contribution >= 4 is 21.8 Å². The lowest BCUT2D eigenvalue weighted by Crippen LogP contribution is -2.47. The van der Waals surface area contributed by atoms with Gasteiger partial charge in [-0.05, 0) is 51.7 Å². The number of hydrogen-bond acceptors (Lipinski definition) is 3. The zero-order valence-electron chi connectivity index (χ0n) is 11.8. The average molecular weight is 329 g/mol. The minimum Gasteiger partial charge on any atom is -0.387 e. The van der Waals surface area contributed by atoms with Crippen LogP contribution in [0.3, 0.4) is 0 Å². The second kappa shape index (κ2) is 6.50. The number of halogens is 1. The van der Waals surface area contributed by atoms with Crippen LogP contribution in [0.1, 0.15) is 22.8 Å². The van der Waals surface area contributed by atoms with Gasteiger partial charge >= 0.3 is 0 Å². The maximum absolute atomic E-state index is 12.0. The van der Waals surface area contributed by atoms with Gasteiger partial charge in [-0.2, -0.15) is 0 Å². The highest BCUT2D eigenvalue weighted by Gasteiger charge is 2.22.